The molecule has 2 aliphatic rings. The third-order valence-electron chi connectivity index (χ3n) is 3.90. The predicted octanol–water partition coefficient (Wildman–Crippen LogP) is -3.34. The summed E-state index contributed by atoms with van der Waals surface area (Å²) >= 11 is 0. The molecule has 0 aromatic rings. The molecular weight excluding hydrogens is 288 g/mol. The lowest BCUT2D eigenvalue weighted by molar-refractivity contribution is -0.348. The van der Waals surface area contributed by atoms with Gasteiger partial charge in [0.25, 0.3) is 0 Å². The highest BCUT2D eigenvalue weighted by molar-refractivity contribution is 4.91. The van der Waals surface area contributed by atoms with Crippen LogP contribution in [0.2, 0.25) is 0 Å². The number of ether oxygens (including phenoxy) is 3. The summed E-state index contributed by atoms with van der Waals surface area (Å²) in [5, 5.41) is 58.0. The minimum atomic E-state index is -1.57. The van der Waals surface area contributed by atoms with Crippen LogP contribution in [0.5, 0.6) is 0 Å². The average molecular weight is 310 g/mol. The summed E-state index contributed by atoms with van der Waals surface area (Å²) in [4.78, 5) is 0. The zero-order chi connectivity index (χ0) is 15.9. The first-order valence-corrected chi connectivity index (χ1v) is 6.78. The molecule has 124 valence electrons. The summed E-state index contributed by atoms with van der Waals surface area (Å²) < 4.78 is 15.6. The maximum absolute atomic E-state index is 9.91. The van der Waals surface area contributed by atoms with Crippen LogP contribution >= 0.6 is 0 Å². The SMILES string of the molecule is C[C@@H]1O[C@H](O[C@@H]2[C@@H](O)[C@@H](O)[C@H](O)O[C@H]2C)[C@@H](O)[C@H](O)[C@@H]1O. The molecule has 2 aliphatic heterocycles. The van der Waals surface area contributed by atoms with Crippen LogP contribution in [0.3, 0.4) is 0 Å². The fourth-order valence-electron chi connectivity index (χ4n) is 2.49. The summed E-state index contributed by atoms with van der Waals surface area (Å²) in [5.41, 5.74) is 0. The minimum Gasteiger partial charge on any atom is -0.388 e. The van der Waals surface area contributed by atoms with Crippen molar-refractivity contribution < 1.29 is 44.8 Å². The Morgan fingerprint density at radius 1 is 0.667 bits per heavy atom. The lowest BCUT2D eigenvalue weighted by Crippen LogP contribution is -2.62. The van der Waals surface area contributed by atoms with Crippen molar-refractivity contribution in [1.82, 2.24) is 0 Å². The van der Waals surface area contributed by atoms with Gasteiger partial charge in [-0.1, -0.05) is 0 Å². The van der Waals surface area contributed by atoms with Crippen molar-refractivity contribution in [3.63, 3.8) is 0 Å². The standard InChI is InChI=1S/C12H22O9/c1-3-5(13)6(14)9(17)12(20-3)21-10-4(2)19-11(18)8(16)7(10)15/h3-18H,1-2H3/t3-,4-,5+,6+,7-,8+,9-,10-,11+,12+/m0/s1. The molecule has 9 heteroatoms. The normalized spacial score (nSPS) is 55.4. The Bertz CT molecular complexity index is 354. The van der Waals surface area contributed by atoms with E-state index in [-0.39, 0.29) is 0 Å². The third kappa shape index (κ3) is 3.21. The molecule has 9 nitrogen and oxygen atoms in total. The van der Waals surface area contributed by atoms with Gasteiger partial charge in [0.2, 0.25) is 0 Å². The molecule has 2 fully saturated rings. The Labute approximate surface area is 121 Å². The van der Waals surface area contributed by atoms with Crippen molar-refractivity contribution in [3.05, 3.63) is 0 Å². The van der Waals surface area contributed by atoms with Gasteiger partial charge in [0.05, 0.1) is 12.2 Å². The molecule has 21 heavy (non-hydrogen) atoms. The topological polar surface area (TPSA) is 149 Å². The van der Waals surface area contributed by atoms with Crippen LogP contribution < -0.4 is 0 Å². The average Bonchev–Trinajstić information content (AvgIpc) is 2.44. The summed E-state index contributed by atoms with van der Waals surface area (Å²) in [6.45, 7) is 3.00. The summed E-state index contributed by atoms with van der Waals surface area (Å²) in [6.07, 6.45) is -12.8. The summed E-state index contributed by atoms with van der Waals surface area (Å²) in [6, 6.07) is 0. The quantitative estimate of drug-likeness (QED) is 0.308. The van der Waals surface area contributed by atoms with E-state index in [1.165, 1.54) is 13.8 Å². The molecule has 0 amide bonds. The number of aliphatic hydroxyl groups is 6. The van der Waals surface area contributed by atoms with Gasteiger partial charge in [-0.2, -0.15) is 0 Å². The lowest BCUT2D eigenvalue weighted by atomic mass is 9.98. The molecule has 0 aliphatic carbocycles. The van der Waals surface area contributed by atoms with Gasteiger partial charge in [-0.05, 0) is 13.8 Å². The van der Waals surface area contributed by atoms with E-state index in [0.717, 1.165) is 0 Å². The largest absolute Gasteiger partial charge is 0.388 e. The highest BCUT2D eigenvalue weighted by Gasteiger charge is 2.48. The number of aliphatic hydroxyl groups excluding tert-OH is 6. The van der Waals surface area contributed by atoms with E-state index < -0.39 is 61.4 Å². The fraction of sp³-hybridized carbons (Fsp3) is 1.00. The number of hydrogen-bond donors (Lipinski definition) is 6. The van der Waals surface area contributed by atoms with E-state index in [9.17, 15) is 30.6 Å². The number of hydrogen-bond acceptors (Lipinski definition) is 9. The van der Waals surface area contributed by atoms with Crippen molar-refractivity contribution in [2.45, 2.75) is 75.3 Å². The van der Waals surface area contributed by atoms with Gasteiger partial charge in [0.1, 0.15) is 36.6 Å². The molecule has 0 bridgehead atoms. The molecule has 0 aromatic heterocycles. The lowest BCUT2D eigenvalue weighted by Gasteiger charge is -2.44. The van der Waals surface area contributed by atoms with Crippen LogP contribution in [0.15, 0.2) is 0 Å². The molecule has 2 saturated heterocycles. The van der Waals surface area contributed by atoms with Gasteiger partial charge < -0.3 is 44.8 Å². The molecule has 0 unspecified atom stereocenters. The molecule has 0 radical (unpaired) electrons. The Morgan fingerprint density at radius 2 is 1.29 bits per heavy atom. The van der Waals surface area contributed by atoms with Crippen LogP contribution in [0, 0.1) is 0 Å². The summed E-state index contributed by atoms with van der Waals surface area (Å²) in [7, 11) is 0. The maximum atomic E-state index is 9.91. The van der Waals surface area contributed by atoms with Gasteiger partial charge in [-0.3, -0.25) is 0 Å². The van der Waals surface area contributed by atoms with E-state index in [0.29, 0.717) is 0 Å². The smallest absolute Gasteiger partial charge is 0.187 e. The van der Waals surface area contributed by atoms with Gasteiger partial charge in [0, 0.05) is 0 Å². The van der Waals surface area contributed by atoms with Crippen LogP contribution in [-0.4, -0.2) is 92.1 Å². The molecule has 0 saturated carbocycles. The van der Waals surface area contributed by atoms with Crippen molar-refractivity contribution in [2.24, 2.45) is 0 Å². The molecule has 6 N–H and O–H groups in total. The molecule has 0 aromatic carbocycles. The van der Waals surface area contributed by atoms with Gasteiger partial charge in [0.15, 0.2) is 12.6 Å². The van der Waals surface area contributed by atoms with E-state index in [1.54, 1.807) is 0 Å². The second-order valence-corrected chi connectivity index (χ2v) is 5.50. The Kier molecular flexibility index (Phi) is 5.19. The molecule has 2 heterocycles. The molecule has 0 spiro atoms. The van der Waals surface area contributed by atoms with Gasteiger partial charge in [-0.25, -0.2) is 0 Å². The fourth-order valence-corrected chi connectivity index (χ4v) is 2.49. The van der Waals surface area contributed by atoms with E-state index in [4.69, 9.17) is 14.2 Å². The zero-order valence-electron chi connectivity index (χ0n) is 11.7. The Hall–Kier alpha value is -0.360. The van der Waals surface area contributed by atoms with Crippen molar-refractivity contribution >= 4 is 0 Å². The first-order chi connectivity index (χ1) is 9.73. The van der Waals surface area contributed by atoms with Crippen LogP contribution in [0.25, 0.3) is 0 Å². The van der Waals surface area contributed by atoms with E-state index in [1.807, 2.05) is 0 Å². The summed E-state index contributed by atoms with van der Waals surface area (Å²) in [5.74, 6) is 0. The molecule has 10 atom stereocenters. The van der Waals surface area contributed by atoms with Crippen LogP contribution in [0.1, 0.15) is 13.8 Å². The predicted molar refractivity (Wildman–Crippen MR) is 65.8 cm³/mol. The second kappa shape index (κ2) is 6.41. The first-order valence-electron chi connectivity index (χ1n) is 6.78. The highest BCUT2D eigenvalue weighted by Crippen LogP contribution is 2.28. The second-order valence-electron chi connectivity index (χ2n) is 5.50. The van der Waals surface area contributed by atoms with Crippen molar-refractivity contribution in [1.29, 1.82) is 0 Å². The third-order valence-corrected chi connectivity index (χ3v) is 3.90. The maximum Gasteiger partial charge on any atom is 0.187 e. The number of rotatable bonds is 2. The van der Waals surface area contributed by atoms with Crippen LogP contribution in [-0.2, 0) is 14.2 Å². The Balaban J connectivity index is 2.06. The zero-order valence-corrected chi connectivity index (χ0v) is 11.7. The monoisotopic (exact) mass is 310 g/mol. The molecule has 2 rings (SSSR count). The van der Waals surface area contributed by atoms with Crippen LogP contribution in [0.4, 0.5) is 0 Å². The van der Waals surface area contributed by atoms with Crippen molar-refractivity contribution in [3.8, 4) is 0 Å². The van der Waals surface area contributed by atoms with Crippen molar-refractivity contribution in [2.75, 3.05) is 0 Å². The first kappa shape index (κ1) is 17.0. The minimum absolute atomic E-state index is 0.784. The van der Waals surface area contributed by atoms with Gasteiger partial charge >= 0.3 is 0 Å². The highest BCUT2D eigenvalue weighted by atomic mass is 16.7. The van der Waals surface area contributed by atoms with E-state index in [2.05, 4.69) is 0 Å². The van der Waals surface area contributed by atoms with Gasteiger partial charge in [-0.15, -0.1) is 0 Å². The van der Waals surface area contributed by atoms with E-state index >= 15 is 0 Å². The Morgan fingerprint density at radius 3 is 1.90 bits per heavy atom. The molecular formula is C12H22O9.